The van der Waals surface area contributed by atoms with E-state index in [1.165, 1.54) is 0 Å². The number of carbonyl (C=O) groups is 1. The van der Waals surface area contributed by atoms with Gasteiger partial charge in [-0.15, -0.1) is 0 Å². The molecule has 0 aliphatic heterocycles. The SMILES string of the molecule is CC(C)(C)OC(=O)CCCCCCCCOCCNCc1cc(F)cc2c1ccn2Cc1ccc(Cl)cc1. The molecule has 0 radical (unpaired) electrons. The molecule has 0 saturated heterocycles. The Kier molecular flexibility index (Phi) is 12.1. The minimum Gasteiger partial charge on any atom is -0.460 e. The lowest BCUT2D eigenvalue weighted by molar-refractivity contribution is -0.154. The predicted molar refractivity (Wildman–Crippen MR) is 153 cm³/mol. The number of nitrogens with one attached hydrogen (secondary N) is 1. The lowest BCUT2D eigenvalue weighted by Gasteiger charge is -2.19. The standard InChI is InChI=1S/C31H42ClFN2O3/c1-31(2,3)38-30(36)10-8-6-4-5-7-9-18-37-19-16-34-22-25-20-27(33)21-29-28(25)15-17-35(29)23-24-11-13-26(32)14-12-24/h11-15,17,20-21,34H,4-10,16,18-19,22-23H2,1-3H3. The van der Waals surface area contributed by atoms with Crippen LogP contribution in [0, 0.1) is 5.82 Å². The zero-order chi connectivity index (χ0) is 27.4. The van der Waals surface area contributed by atoms with E-state index in [4.69, 9.17) is 21.1 Å². The van der Waals surface area contributed by atoms with Crippen molar-refractivity contribution in [1.82, 2.24) is 9.88 Å². The van der Waals surface area contributed by atoms with Gasteiger partial charge in [0.15, 0.2) is 0 Å². The van der Waals surface area contributed by atoms with E-state index in [0.29, 0.717) is 37.7 Å². The van der Waals surface area contributed by atoms with Crippen molar-refractivity contribution in [3.63, 3.8) is 0 Å². The van der Waals surface area contributed by atoms with E-state index >= 15 is 0 Å². The Bertz CT molecular complexity index is 1140. The van der Waals surface area contributed by atoms with Crippen molar-refractivity contribution in [1.29, 1.82) is 0 Å². The Morgan fingerprint density at radius 3 is 2.42 bits per heavy atom. The van der Waals surface area contributed by atoms with Crippen LogP contribution in [0.25, 0.3) is 10.9 Å². The molecule has 0 saturated carbocycles. The molecule has 5 nitrogen and oxygen atoms in total. The number of hydrogen-bond acceptors (Lipinski definition) is 4. The molecule has 3 rings (SSSR count). The van der Waals surface area contributed by atoms with Crippen LogP contribution >= 0.6 is 11.6 Å². The molecule has 0 atom stereocenters. The number of fused-ring (bicyclic) bond motifs is 1. The number of unbranched alkanes of at least 4 members (excludes halogenated alkanes) is 5. The molecule has 3 aromatic rings. The van der Waals surface area contributed by atoms with Gasteiger partial charge in [-0.3, -0.25) is 4.79 Å². The molecule has 0 amide bonds. The largest absolute Gasteiger partial charge is 0.460 e. The molecule has 208 valence electrons. The molecule has 7 heteroatoms. The lowest BCUT2D eigenvalue weighted by atomic mass is 10.1. The highest BCUT2D eigenvalue weighted by Gasteiger charge is 2.15. The Morgan fingerprint density at radius 2 is 1.68 bits per heavy atom. The molecule has 1 heterocycles. The molecule has 0 unspecified atom stereocenters. The average Bonchev–Trinajstić information content (AvgIpc) is 3.24. The van der Waals surface area contributed by atoms with Crippen LogP contribution in [-0.2, 0) is 27.4 Å². The van der Waals surface area contributed by atoms with Crippen molar-refractivity contribution in [3.05, 3.63) is 70.6 Å². The van der Waals surface area contributed by atoms with Gasteiger partial charge in [-0.05, 0) is 75.1 Å². The van der Waals surface area contributed by atoms with Crippen LogP contribution in [0.1, 0.15) is 76.8 Å². The molecule has 1 N–H and O–H groups in total. The van der Waals surface area contributed by atoms with E-state index in [1.54, 1.807) is 12.1 Å². The van der Waals surface area contributed by atoms with Gasteiger partial charge in [-0.1, -0.05) is 49.4 Å². The molecule has 0 fully saturated rings. The number of benzene rings is 2. The quantitative estimate of drug-likeness (QED) is 0.148. The smallest absolute Gasteiger partial charge is 0.306 e. The minimum absolute atomic E-state index is 0.103. The minimum atomic E-state index is -0.399. The summed E-state index contributed by atoms with van der Waals surface area (Å²) in [7, 11) is 0. The molecule has 0 aliphatic rings. The van der Waals surface area contributed by atoms with Crippen molar-refractivity contribution in [2.45, 2.75) is 84.4 Å². The fourth-order valence-electron chi connectivity index (χ4n) is 4.45. The normalized spacial score (nSPS) is 11.8. The molecule has 0 aliphatic carbocycles. The number of rotatable bonds is 16. The first kappa shape index (κ1) is 30.1. The number of halogens is 2. The summed E-state index contributed by atoms with van der Waals surface area (Å²) in [5.41, 5.74) is 2.55. The number of hydrogen-bond donors (Lipinski definition) is 1. The number of aromatic nitrogens is 1. The summed E-state index contributed by atoms with van der Waals surface area (Å²) < 4.78 is 27.5. The summed E-state index contributed by atoms with van der Waals surface area (Å²) in [6.45, 7) is 9.04. The summed E-state index contributed by atoms with van der Waals surface area (Å²) in [4.78, 5) is 11.7. The Morgan fingerprint density at radius 1 is 0.974 bits per heavy atom. The van der Waals surface area contributed by atoms with Crippen LogP contribution in [-0.4, -0.2) is 35.9 Å². The van der Waals surface area contributed by atoms with E-state index in [0.717, 1.165) is 67.2 Å². The number of esters is 1. The van der Waals surface area contributed by atoms with E-state index < -0.39 is 5.60 Å². The number of ether oxygens (including phenoxy) is 2. The second kappa shape index (κ2) is 15.2. The van der Waals surface area contributed by atoms with E-state index in [2.05, 4.69) is 16.0 Å². The highest BCUT2D eigenvalue weighted by atomic mass is 35.5. The second-order valence-corrected chi connectivity index (χ2v) is 11.3. The average molecular weight is 545 g/mol. The van der Waals surface area contributed by atoms with E-state index in [1.807, 2.05) is 51.2 Å². The van der Waals surface area contributed by atoms with Crippen LogP contribution < -0.4 is 5.32 Å². The zero-order valence-electron chi connectivity index (χ0n) is 23.0. The molecular weight excluding hydrogens is 503 g/mol. The first-order chi connectivity index (χ1) is 18.2. The molecule has 1 aromatic heterocycles. The van der Waals surface area contributed by atoms with Crippen molar-refractivity contribution in [3.8, 4) is 0 Å². The van der Waals surface area contributed by atoms with Crippen LogP contribution in [0.3, 0.4) is 0 Å². The molecule has 2 aromatic carbocycles. The van der Waals surface area contributed by atoms with Crippen LogP contribution in [0.5, 0.6) is 0 Å². The Balaban J connectivity index is 1.27. The maximum absolute atomic E-state index is 14.4. The predicted octanol–water partition coefficient (Wildman–Crippen LogP) is 7.66. The van der Waals surface area contributed by atoms with E-state index in [-0.39, 0.29) is 11.8 Å². The fraction of sp³-hybridized carbons (Fsp3) is 0.516. The lowest BCUT2D eigenvalue weighted by Crippen LogP contribution is -2.23. The second-order valence-electron chi connectivity index (χ2n) is 10.8. The van der Waals surface area contributed by atoms with Crippen LogP contribution in [0.2, 0.25) is 5.02 Å². The van der Waals surface area contributed by atoms with Gasteiger partial charge in [0.2, 0.25) is 0 Å². The summed E-state index contributed by atoms with van der Waals surface area (Å²) in [5, 5.41) is 5.14. The highest BCUT2D eigenvalue weighted by Crippen LogP contribution is 2.23. The van der Waals surface area contributed by atoms with Crippen LogP contribution in [0.15, 0.2) is 48.7 Å². The van der Waals surface area contributed by atoms with Gasteiger partial charge in [-0.2, -0.15) is 0 Å². The molecule has 38 heavy (non-hydrogen) atoms. The summed E-state index contributed by atoms with van der Waals surface area (Å²) >= 11 is 5.99. The zero-order valence-corrected chi connectivity index (χ0v) is 23.8. The third-order valence-corrected chi connectivity index (χ3v) is 6.54. The topological polar surface area (TPSA) is 52.5 Å². The van der Waals surface area contributed by atoms with E-state index in [9.17, 15) is 9.18 Å². The summed E-state index contributed by atoms with van der Waals surface area (Å²) in [5.74, 6) is -0.333. The fourth-order valence-corrected chi connectivity index (χ4v) is 4.57. The number of carbonyl (C=O) groups excluding carboxylic acids is 1. The van der Waals surface area contributed by atoms with Gasteiger partial charge in [-0.25, -0.2) is 4.39 Å². The molecule has 0 bridgehead atoms. The van der Waals surface area contributed by atoms with Gasteiger partial charge >= 0.3 is 5.97 Å². The van der Waals surface area contributed by atoms with Crippen molar-refractivity contribution >= 4 is 28.5 Å². The van der Waals surface area contributed by atoms with Crippen molar-refractivity contribution < 1.29 is 18.7 Å². The first-order valence-corrected chi connectivity index (χ1v) is 14.1. The van der Waals surface area contributed by atoms with Crippen LogP contribution in [0.4, 0.5) is 4.39 Å². The molecular formula is C31H42ClFN2O3. The van der Waals surface area contributed by atoms with Gasteiger partial charge in [0.1, 0.15) is 11.4 Å². The summed E-state index contributed by atoms with van der Waals surface area (Å²) in [6.07, 6.45) is 8.92. The first-order valence-electron chi connectivity index (χ1n) is 13.7. The summed E-state index contributed by atoms with van der Waals surface area (Å²) in [6, 6.07) is 13.0. The Hall–Kier alpha value is -2.41. The Labute approximate surface area is 231 Å². The molecule has 0 spiro atoms. The van der Waals surface area contributed by atoms with Crippen molar-refractivity contribution in [2.24, 2.45) is 0 Å². The monoisotopic (exact) mass is 544 g/mol. The third kappa shape index (κ3) is 10.8. The highest BCUT2D eigenvalue weighted by molar-refractivity contribution is 6.30. The maximum Gasteiger partial charge on any atom is 0.306 e. The third-order valence-electron chi connectivity index (χ3n) is 6.28. The maximum atomic E-state index is 14.4. The van der Waals surface area contributed by atoms with Crippen molar-refractivity contribution in [2.75, 3.05) is 19.8 Å². The van der Waals surface area contributed by atoms with Gasteiger partial charge in [0.05, 0.1) is 12.1 Å². The van der Waals surface area contributed by atoms with Gasteiger partial charge in [0, 0.05) is 49.3 Å². The van der Waals surface area contributed by atoms with Gasteiger partial charge < -0.3 is 19.4 Å². The van der Waals surface area contributed by atoms with Gasteiger partial charge in [0.25, 0.3) is 0 Å². The number of nitrogens with zero attached hydrogens (tertiary/aromatic N) is 1.